The third kappa shape index (κ3) is 3.66. The minimum absolute atomic E-state index is 0.287. The van der Waals surface area contributed by atoms with E-state index in [4.69, 9.17) is 11.6 Å². The molecular formula is C13H11ClFN3O. The van der Waals surface area contributed by atoms with Crippen molar-refractivity contribution in [2.75, 3.05) is 10.6 Å². The number of urea groups is 1. The molecule has 0 aliphatic carbocycles. The van der Waals surface area contributed by atoms with Crippen molar-refractivity contribution in [3.8, 4) is 0 Å². The zero-order chi connectivity index (χ0) is 13.8. The van der Waals surface area contributed by atoms with Gasteiger partial charge in [-0.15, -0.1) is 0 Å². The lowest BCUT2D eigenvalue weighted by Crippen LogP contribution is -2.19. The lowest BCUT2D eigenvalue weighted by Gasteiger charge is -2.08. The number of halogens is 2. The Morgan fingerprint density at radius 2 is 1.89 bits per heavy atom. The van der Waals surface area contributed by atoms with Gasteiger partial charge in [-0.2, -0.15) is 0 Å². The smallest absolute Gasteiger partial charge is 0.308 e. The molecule has 0 atom stereocenters. The number of carbonyl (C=O) groups excluding carboxylic acids is 1. The molecule has 0 bridgehead atoms. The van der Waals surface area contributed by atoms with E-state index < -0.39 is 6.03 Å². The maximum Gasteiger partial charge on any atom is 0.323 e. The molecule has 2 aromatic rings. The Bertz CT molecular complexity index is 619. The summed E-state index contributed by atoms with van der Waals surface area (Å²) in [4.78, 5) is 15.5. The SMILES string of the molecule is Cc1cc(NC(=O)Nc2ccnc(Cl)c2)ccc1F. The van der Waals surface area contributed by atoms with E-state index in [0.29, 0.717) is 16.9 Å². The van der Waals surface area contributed by atoms with Crippen molar-refractivity contribution in [3.63, 3.8) is 0 Å². The minimum Gasteiger partial charge on any atom is -0.308 e. The molecule has 0 saturated heterocycles. The molecule has 2 amide bonds. The van der Waals surface area contributed by atoms with Crippen LogP contribution in [0.2, 0.25) is 5.15 Å². The summed E-state index contributed by atoms with van der Waals surface area (Å²) in [6.45, 7) is 1.63. The first-order valence-corrected chi connectivity index (χ1v) is 5.88. The van der Waals surface area contributed by atoms with Crippen LogP contribution >= 0.6 is 11.6 Å². The van der Waals surface area contributed by atoms with E-state index in [0.717, 1.165) is 0 Å². The molecule has 1 aromatic carbocycles. The fourth-order valence-corrected chi connectivity index (χ4v) is 1.67. The zero-order valence-electron chi connectivity index (χ0n) is 10.1. The van der Waals surface area contributed by atoms with Gasteiger partial charge in [0.2, 0.25) is 0 Å². The van der Waals surface area contributed by atoms with E-state index in [1.54, 1.807) is 19.1 Å². The van der Waals surface area contributed by atoms with Crippen LogP contribution < -0.4 is 10.6 Å². The van der Waals surface area contributed by atoms with Gasteiger partial charge in [0.15, 0.2) is 0 Å². The number of rotatable bonds is 2. The maximum atomic E-state index is 13.1. The van der Waals surface area contributed by atoms with E-state index in [-0.39, 0.29) is 11.0 Å². The summed E-state index contributed by atoms with van der Waals surface area (Å²) >= 11 is 5.70. The number of hydrogen-bond acceptors (Lipinski definition) is 2. The molecule has 0 aliphatic heterocycles. The molecule has 0 fully saturated rings. The normalized spacial score (nSPS) is 10.1. The number of hydrogen-bond donors (Lipinski definition) is 2. The lowest BCUT2D eigenvalue weighted by atomic mass is 10.2. The van der Waals surface area contributed by atoms with Crippen LogP contribution in [0.25, 0.3) is 0 Å². The molecule has 19 heavy (non-hydrogen) atoms. The molecule has 98 valence electrons. The van der Waals surface area contributed by atoms with Crippen molar-refractivity contribution in [2.45, 2.75) is 6.92 Å². The predicted octanol–water partition coefficient (Wildman–Crippen LogP) is 3.83. The highest BCUT2D eigenvalue weighted by atomic mass is 35.5. The molecular weight excluding hydrogens is 269 g/mol. The van der Waals surface area contributed by atoms with Gasteiger partial charge in [-0.3, -0.25) is 0 Å². The van der Waals surface area contributed by atoms with Gasteiger partial charge in [-0.1, -0.05) is 11.6 Å². The molecule has 6 heteroatoms. The van der Waals surface area contributed by atoms with Crippen molar-refractivity contribution in [1.29, 1.82) is 0 Å². The third-order valence-electron chi connectivity index (χ3n) is 2.40. The highest BCUT2D eigenvalue weighted by Gasteiger charge is 2.05. The number of nitrogens with one attached hydrogen (secondary N) is 2. The van der Waals surface area contributed by atoms with Gasteiger partial charge in [0, 0.05) is 17.6 Å². The molecule has 0 saturated carbocycles. The summed E-state index contributed by atoms with van der Waals surface area (Å²) < 4.78 is 13.1. The second-order valence-electron chi connectivity index (χ2n) is 3.91. The first kappa shape index (κ1) is 13.3. The van der Waals surface area contributed by atoms with Crippen LogP contribution in [0, 0.1) is 12.7 Å². The van der Waals surface area contributed by atoms with Crippen molar-refractivity contribution in [2.24, 2.45) is 0 Å². The Labute approximate surface area is 114 Å². The van der Waals surface area contributed by atoms with Gasteiger partial charge in [0.1, 0.15) is 11.0 Å². The molecule has 4 nitrogen and oxygen atoms in total. The second-order valence-corrected chi connectivity index (χ2v) is 4.30. The highest BCUT2D eigenvalue weighted by Crippen LogP contribution is 2.15. The highest BCUT2D eigenvalue weighted by molar-refractivity contribution is 6.29. The van der Waals surface area contributed by atoms with E-state index in [9.17, 15) is 9.18 Å². The van der Waals surface area contributed by atoms with Crippen LogP contribution in [-0.2, 0) is 0 Å². The molecule has 1 heterocycles. The topological polar surface area (TPSA) is 54.0 Å². The van der Waals surface area contributed by atoms with Gasteiger partial charge in [0.05, 0.1) is 0 Å². The molecule has 0 aliphatic rings. The third-order valence-corrected chi connectivity index (χ3v) is 2.61. The molecule has 1 aromatic heterocycles. The average Bonchev–Trinajstić information content (AvgIpc) is 2.34. The quantitative estimate of drug-likeness (QED) is 0.821. The van der Waals surface area contributed by atoms with Crippen LogP contribution in [-0.4, -0.2) is 11.0 Å². The van der Waals surface area contributed by atoms with Crippen LogP contribution in [0.5, 0.6) is 0 Å². The Morgan fingerprint density at radius 3 is 2.53 bits per heavy atom. The fraction of sp³-hybridized carbons (Fsp3) is 0.0769. The summed E-state index contributed by atoms with van der Waals surface area (Å²) in [6.07, 6.45) is 1.49. The van der Waals surface area contributed by atoms with Crippen LogP contribution in [0.1, 0.15) is 5.56 Å². The molecule has 0 radical (unpaired) electrons. The van der Waals surface area contributed by atoms with E-state index in [1.807, 2.05) is 0 Å². The molecule has 2 rings (SSSR count). The van der Waals surface area contributed by atoms with E-state index in [1.165, 1.54) is 24.4 Å². The lowest BCUT2D eigenvalue weighted by molar-refractivity contribution is 0.262. The number of benzene rings is 1. The zero-order valence-corrected chi connectivity index (χ0v) is 10.8. The first-order valence-electron chi connectivity index (χ1n) is 5.50. The second kappa shape index (κ2) is 5.67. The maximum absolute atomic E-state index is 13.1. The molecule has 0 unspecified atom stereocenters. The number of nitrogens with zero attached hydrogens (tertiary/aromatic N) is 1. The Kier molecular flexibility index (Phi) is 3.97. The Morgan fingerprint density at radius 1 is 1.21 bits per heavy atom. The minimum atomic E-state index is -0.437. The Balaban J connectivity index is 2.03. The van der Waals surface area contributed by atoms with Crippen molar-refractivity contribution >= 4 is 29.0 Å². The summed E-state index contributed by atoms with van der Waals surface area (Å²) in [5, 5.41) is 5.48. The van der Waals surface area contributed by atoms with Gasteiger partial charge in [0.25, 0.3) is 0 Å². The fourth-order valence-electron chi connectivity index (χ4n) is 1.50. The van der Waals surface area contributed by atoms with E-state index >= 15 is 0 Å². The van der Waals surface area contributed by atoms with Crippen molar-refractivity contribution < 1.29 is 9.18 Å². The van der Waals surface area contributed by atoms with Crippen LogP contribution in [0.3, 0.4) is 0 Å². The van der Waals surface area contributed by atoms with Crippen LogP contribution in [0.4, 0.5) is 20.6 Å². The summed E-state index contributed by atoms with van der Waals surface area (Å²) in [5.74, 6) is -0.313. The summed E-state index contributed by atoms with van der Waals surface area (Å²) in [6, 6.07) is 7.04. The standard InChI is InChI=1S/C13H11ClFN3O/c1-8-6-9(2-3-11(8)15)17-13(19)18-10-4-5-16-12(14)7-10/h2-7H,1H3,(H2,16,17,18,19). The summed E-state index contributed by atoms with van der Waals surface area (Å²) in [5.41, 5.74) is 1.50. The monoisotopic (exact) mass is 279 g/mol. The van der Waals surface area contributed by atoms with Gasteiger partial charge >= 0.3 is 6.03 Å². The van der Waals surface area contributed by atoms with Crippen LogP contribution in [0.15, 0.2) is 36.5 Å². The predicted molar refractivity (Wildman–Crippen MR) is 73.0 cm³/mol. The summed E-state index contributed by atoms with van der Waals surface area (Å²) in [7, 11) is 0. The number of aryl methyl sites for hydroxylation is 1. The number of aromatic nitrogens is 1. The first-order chi connectivity index (χ1) is 9.04. The van der Waals surface area contributed by atoms with Crippen molar-refractivity contribution in [3.05, 3.63) is 53.1 Å². The number of carbonyl (C=O) groups is 1. The number of anilines is 2. The number of amides is 2. The van der Waals surface area contributed by atoms with Crippen molar-refractivity contribution in [1.82, 2.24) is 4.98 Å². The largest absolute Gasteiger partial charge is 0.323 e. The average molecular weight is 280 g/mol. The Hall–Kier alpha value is -2.14. The molecule has 0 spiro atoms. The van der Waals surface area contributed by atoms with Gasteiger partial charge in [-0.05, 0) is 42.8 Å². The number of pyridine rings is 1. The van der Waals surface area contributed by atoms with Gasteiger partial charge < -0.3 is 10.6 Å². The van der Waals surface area contributed by atoms with Gasteiger partial charge in [-0.25, -0.2) is 14.2 Å². The molecule has 2 N–H and O–H groups in total. The van der Waals surface area contributed by atoms with E-state index in [2.05, 4.69) is 15.6 Å².